The van der Waals surface area contributed by atoms with Crippen molar-refractivity contribution in [3.8, 4) is 11.4 Å². The molecule has 0 N–H and O–H groups in total. The zero-order valence-electron chi connectivity index (χ0n) is 9.23. The zero-order chi connectivity index (χ0) is 12.3. The molecule has 0 bridgehead atoms. The van der Waals surface area contributed by atoms with Crippen molar-refractivity contribution in [3.63, 3.8) is 0 Å². The molecule has 6 heteroatoms. The summed E-state index contributed by atoms with van der Waals surface area (Å²) in [5.74, 6) is 0.264. The van der Waals surface area contributed by atoms with Gasteiger partial charge in [0.2, 0.25) is 0 Å². The first-order valence-electron chi connectivity index (χ1n) is 5.05. The fourth-order valence-corrected chi connectivity index (χ4v) is 1.62. The molecule has 4 nitrogen and oxygen atoms in total. The van der Waals surface area contributed by atoms with Crippen LogP contribution >= 0.6 is 11.6 Å². The molecule has 0 spiro atoms. The first kappa shape index (κ1) is 11.9. The Labute approximate surface area is 103 Å². The van der Waals surface area contributed by atoms with E-state index in [1.54, 1.807) is 23.0 Å². The molecule has 0 aliphatic rings. The molecule has 0 saturated heterocycles. The Kier molecular flexibility index (Phi) is 3.58. The lowest BCUT2D eigenvalue weighted by atomic mass is 10.3. The Morgan fingerprint density at radius 2 is 2.29 bits per heavy atom. The molecular formula is C11H11ClFN3O. The molecule has 2 aromatic rings. The summed E-state index contributed by atoms with van der Waals surface area (Å²) in [5, 5.41) is 7.89. The van der Waals surface area contributed by atoms with Gasteiger partial charge in [0, 0.05) is 18.4 Å². The highest BCUT2D eigenvalue weighted by atomic mass is 35.5. The predicted molar refractivity (Wildman–Crippen MR) is 62.3 cm³/mol. The summed E-state index contributed by atoms with van der Waals surface area (Å²) < 4.78 is 19.7. The zero-order valence-corrected chi connectivity index (χ0v) is 9.99. The van der Waals surface area contributed by atoms with Gasteiger partial charge in [0.15, 0.2) is 11.6 Å². The number of hydrogen-bond acceptors (Lipinski definition) is 3. The van der Waals surface area contributed by atoms with Gasteiger partial charge in [-0.25, -0.2) is 9.07 Å². The molecule has 0 unspecified atom stereocenters. The summed E-state index contributed by atoms with van der Waals surface area (Å²) in [4.78, 5) is 0. The average molecular weight is 256 g/mol. The molecule has 1 heterocycles. The van der Waals surface area contributed by atoms with Gasteiger partial charge in [-0.2, -0.15) is 0 Å². The van der Waals surface area contributed by atoms with Crippen molar-refractivity contribution >= 4 is 11.6 Å². The molecule has 0 atom stereocenters. The number of hydrogen-bond donors (Lipinski definition) is 0. The van der Waals surface area contributed by atoms with Crippen LogP contribution in [0.25, 0.3) is 5.69 Å². The van der Waals surface area contributed by atoms with Crippen molar-refractivity contribution in [1.82, 2.24) is 15.0 Å². The fourth-order valence-electron chi connectivity index (χ4n) is 1.43. The molecular weight excluding hydrogens is 245 g/mol. The lowest BCUT2D eigenvalue weighted by Crippen LogP contribution is -1.97. The lowest BCUT2D eigenvalue weighted by Gasteiger charge is -2.04. The monoisotopic (exact) mass is 255 g/mol. The molecule has 0 saturated carbocycles. The second kappa shape index (κ2) is 5.14. The van der Waals surface area contributed by atoms with E-state index in [1.165, 1.54) is 13.2 Å². The van der Waals surface area contributed by atoms with Gasteiger partial charge in [0.25, 0.3) is 0 Å². The predicted octanol–water partition coefficient (Wildman–Crippen LogP) is 2.20. The highest BCUT2D eigenvalue weighted by Gasteiger charge is 2.07. The van der Waals surface area contributed by atoms with E-state index in [1.807, 2.05) is 0 Å². The summed E-state index contributed by atoms with van der Waals surface area (Å²) in [6, 6.07) is 4.50. The van der Waals surface area contributed by atoms with Crippen molar-refractivity contribution < 1.29 is 9.13 Å². The Morgan fingerprint density at radius 3 is 3.00 bits per heavy atom. The summed E-state index contributed by atoms with van der Waals surface area (Å²) >= 11 is 5.61. The minimum atomic E-state index is -0.405. The largest absolute Gasteiger partial charge is 0.494 e. The third kappa shape index (κ3) is 2.55. The number of nitrogens with zero attached hydrogens (tertiary/aromatic N) is 3. The van der Waals surface area contributed by atoms with Gasteiger partial charge >= 0.3 is 0 Å². The quantitative estimate of drug-likeness (QED) is 0.787. The lowest BCUT2D eigenvalue weighted by molar-refractivity contribution is 0.386. The van der Waals surface area contributed by atoms with Gasteiger partial charge in [0.05, 0.1) is 24.7 Å². The molecule has 0 aliphatic carbocycles. The van der Waals surface area contributed by atoms with Crippen molar-refractivity contribution in [2.75, 3.05) is 13.0 Å². The first-order chi connectivity index (χ1) is 8.24. The smallest absolute Gasteiger partial charge is 0.165 e. The van der Waals surface area contributed by atoms with Crippen LogP contribution in [0.15, 0.2) is 24.4 Å². The van der Waals surface area contributed by atoms with Crippen molar-refractivity contribution in [1.29, 1.82) is 0 Å². The second-order valence-corrected chi connectivity index (χ2v) is 3.79. The van der Waals surface area contributed by atoms with E-state index >= 15 is 0 Å². The number of rotatable bonds is 4. The summed E-state index contributed by atoms with van der Waals surface area (Å²) in [5.41, 5.74) is 1.49. The molecule has 17 heavy (non-hydrogen) atoms. The van der Waals surface area contributed by atoms with Crippen LogP contribution < -0.4 is 4.74 Å². The summed E-state index contributed by atoms with van der Waals surface area (Å²) in [6.45, 7) is 0. The van der Waals surface area contributed by atoms with Crippen molar-refractivity contribution in [2.45, 2.75) is 6.42 Å². The Balaban J connectivity index is 2.32. The average Bonchev–Trinajstić information content (AvgIpc) is 2.79. The van der Waals surface area contributed by atoms with Crippen molar-refractivity contribution in [3.05, 3.63) is 35.9 Å². The Hall–Kier alpha value is -1.62. The molecule has 2 rings (SSSR count). The Bertz CT molecular complexity index is 515. The first-order valence-corrected chi connectivity index (χ1v) is 5.59. The van der Waals surface area contributed by atoms with Gasteiger partial charge in [-0.1, -0.05) is 5.21 Å². The van der Waals surface area contributed by atoms with E-state index in [0.29, 0.717) is 18.0 Å². The van der Waals surface area contributed by atoms with Crippen LogP contribution in [0.5, 0.6) is 5.75 Å². The van der Waals surface area contributed by atoms with Crippen LogP contribution in [0.1, 0.15) is 5.69 Å². The summed E-state index contributed by atoms with van der Waals surface area (Å²) in [7, 11) is 1.42. The SMILES string of the molecule is COc1cc(-n2cc(CCCl)nn2)ccc1F. The maximum atomic E-state index is 13.2. The minimum absolute atomic E-state index is 0.178. The van der Waals surface area contributed by atoms with Crippen molar-refractivity contribution in [2.24, 2.45) is 0 Å². The molecule has 0 aliphatic heterocycles. The van der Waals surface area contributed by atoms with E-state index < -0.39 is 5.82 Å². The number of benzene rings is 1. The normalized spacial score (nSPS) is 10.5. The maximum Gasteiger partial charge on any atom is 0.165 e. The van der Waals surface area contributed by atoms with Gasteiger partial charge in [0.1, 0.15) is 0 Å². The van der Waals surface area contributed by atoms with E-state index in [4.69, 9.17) is 16.3 Å². The van der Waals surface area contributed by atoms with Gasteiger partial charge in [-0.3, -0.25) is 0 Å². The molecule has 1 aromatic carbocycles. The third-order valence-corrected chi connectivity index (χ3v) is 2.48. The highest BCUT2D eigenvalue weighted by Crippen LogP contribution is 2.20. The van der Waals surface area contributed by atoms with E-state index in [-0.39, 0.29) is 5.75 Å². The Morgan fingerprint density at radius 1 is 1.47 bits per heavy atom. The highest BCUT2D eigenvalue weighted by molar-refractivity contribution is 6.17. The molecule has 90 valence electrons. The van der Waals surface area contributed by atoms with Crippen LogP contribution in [0, 0.1) is 5.82 Å². The van der Waals surface area contributed by atoms with Gasteiger partial charge < -0.3 is 4.74 Å². The summed E-state index contributed by atoms with van der Waals surface area (Å²) in [6.07, 6.45) is 2.41. The van der Waals surface area contributed by atoms with Crippen LogP contribution in [-0.2, 0) is 6.42 Å². The van der Waals surface area contributed by atoms with Gasteiger partial charge in [-0.05, 0) is 12.1 Å². The molecule has 0 amide bonds. The number of alkyl halides is 1. The molecule has 1 aromatic heterocycles. The maximum absolute atomic E-state index is 13.2. The fraction of sp³-hybridized carbons (Fsp3) is 0.273. The standard InChI is InChI=1S/C11H11ClFN3O/c1-17-11-6-9(2-3-10(11)13)16-7-8(4-5-12)14-15-16/h2-3,6-7H,4-5H2,1H3. The second-order valence-electron chi connectivity index (χ2n) is 3.41. The van der Waals surface area contributed by atoms with Crippen LogP contribution in [0.4, 0.5) is 4.39 Å². The number of methoxy groups -OCH3 is 1. The van der Waals surface area contributed by atoms with Gasteiger partial charge in [-0.15, -0.1) is 16.7 Å². The van der Waals surface area contributed by atoms with Crippen LogP contribution in [0.3, 0.4) is 0 Å². The molecule has 0 radical (unpaired) electrons. The number of halogens is 2. The van der Waals surface area contributed by atoms with E-state index in [0.717, 1.165) is 5.69 Å². The van der Waals surface area contributed by atoms with E-state index in [9.17, 15) is 4.39 Å². The third-order valence-electron chi connectivity index (χ3n) is 2.29. The van der Waals surface area contributed by atoms with E-state index in [2.05, 4.69) is 10.3 Å². The number of aryl methyl sites for hydroxylation is 1. The van der Waals surface area contributed by atoms with Crippen LogP contribution in [-0.4, -0.2) is 28.0 Å². The molecule has 0 fully saturated rings. The topological polar surface area (TPSA) is 39.9 Å². The number of aromatic nitrogens is 3. The number of ether oxygens (including phenoxy) is 1. The minimum Gasteiger partial charge on any atom is -0.494 e. The van der Waals surface area contributed by atoms with Crippen LogP contribution in [0.2, 0.25) is 0 Å².